The molecule has 134 valence electrons. The van der Waals surface area contributed by atoms with E-state index in [9.17, 15) is 14.0 Å². The predicted octanol–water partition coefficient (Wildman–Crippen LogP) is 3.05. The van der Waals surface area contributed by atoms with E-state index in [0.717, 1.165) is 11.3 Å². The molecule has 3 aromatic rings. The van der Waals surface area contributed by atoms with Crippen molar-refractivity contribution in [3.63, 3.8) is 0 Å². The van der Waals surface area contributed by atoms with Crippen molar-refractivity contribution in [3.8, 4) is 0 Å². The lowest BCUT2D eigenvalue weighted by Crippen LogP contribution is -2.16. The lowest BCUT2D eigenvalue weighted by Gasteiger charge is -2.12. The maximum atomic E-state index is 13.6. The molecule has 4 N–H and O–H groups in total. The van der Waals surface area contributed by atoms with Gasteiger partial charge in [-0.05, 0) is 30.3 Å². The van der Waals surface area contributed by atoms with Gasteiger partial charge in [-0.3, -0.25) is 14.7 Å². The zero-order valence-corrected chi connectivity index (χ0v) is 15.1. The highest BCUT2D eigenvalue weighted by atomic mass is 32.2. The first-order chi connectivity index (χ1) is 12.3. The fraction of sp³-hybridized carbons (Fsp3) is 0. The molecule has 0 saturated carbocycles. The van der Waals surface area contributed by atoms with Gasteiger partial charge >= 0.3 is 0 Å². The minimum Gasteiger partial charge on any atom is -0.366 e. The van der Waals surface area contributed by atoms with Crippen molar-refractivity contribution in [2.75, 3.05) is 5.32 Å². The third-order valence-corrected chi connectivity index (χ3v) is 7.68. The van der Waals surface area contributed by atoms with Crippen LogP contribution in [0.2, 0.25) is 0 Å². The molecule has 0 fully saturated rings. The van der Waals surface area contributed by atoms with E-state index in [1.54, 1.807) is 18.2 Å². The number of aromatic nitrogens is 2. The van der Waals surface area contributed by atoms with Crippen LogP contribution in [0.5, 0.6) is 0 Å². The van der Waals surface area contributed by atoms with Crippen LogP contribution in [-0.2, 0) is 0 Å². The number of rotatable bonds is 5. The van der Waals surface area contributed by atoms with Gasteiger partial charge in [0.25, 0.3) is 11.8 Å². The number of hydrogen-bond donors (Lipinski definition) is 3. The molecule has 2 heterocycles. The van der Waals surface area contributed by atoms with E-state index in [-0.39, 0.29) is 16.3 Å². The Hall–Kier alpha value is -2.91. The summed E-state index contributed by atoms with van der Waals surface area (Å²) < 4.78 is 14.2. The standard InChI is InChI=1S/C17H15FN4O2S2/c1-26(2,11-5-3-4-10(18)8-11)14-9-12(15(19)23)17(25-14)21-16(24)13-6-7-20-22-13/h3-9H,1-2H2,(H2,19,23)(H,20,22)(H,21,24). The molecule has 0 saturated heterocycles. The Morgan fingerprint density at radius 3 is 2.65 bits per heavy atom. The monoisotopic (exact) mass is 390 g/mol. The number of primary amides is 1. The number of nitrogens with two attached hydrogens (primary N) is 1. The third kappa shape index (κ3) is 3.39. The number of anilines is 1. The average Bonchev–Trinajstić information content (AvgIpc) is 3.24. The number of amides is 2. The number of benzene rings is 1. The topological polar surface area (TPSA) is 101 Å². The van der Waals surface area contributed by atoms with E-state index in [1.807, 2.05) is 0 Å². The maximum absolute atomic E-state index is 13.6. The first kappa shape index (κ1) is 17.9. The summed E-state index contributed by atoms with van der Waals surface area (Å²) in [5, 5.41) is 9.18. The number of hydrogen-bond acceptors (Lipinski definition) is 4. The molecule has 9 heteroatoms. The summed E-state index contributed by atoms with van der Waals surface area (Å²) in [5.74, 6) is 6.71. The summed E-state index contributed by atoms with van der Waals surface area (Å²) in [6.45, 7) is 0. The van der Waals surface area contributed by atoms with Crippen molar-refractivity contribution >= 4 is 49.1 Å². The van der Waals surface area contributed by atoms with Crippen LogP contribution >= 0.6 is 20.5 Å². The molecule has 0 bridgehead atoms. The van der Waals surface area contributed by atoms with Crippen molar-refractivity contribution < 1.29 is 14.0 Å². The van der Waals surface area contributed by atoms with Crippen LogP contribution < -0.4 is 11.1 Å². The summed E-state index contributed by atoms with van der Waals surface area (Å²) in [4.78, 5) is 24.6. The first-order valence-electron chi connectivity index (χ1n) is 7.28. The molecule has 6 nitrogen and oxygen atoms in total. The smallest absolute Gasteiger partial charge is 0.274 e. The normalized spacial score (nSPS) is 11.3. The van der Waals surface area contributed by atoms with E-state index in [0.29, 0.717) is 9.10 Å². The van der Waals surface area contributed by atoms with Crippen LogP contribution in [-0.4, -0.2) is 33.8 Å². The van der Waals surface area contributed by atoms with Gasteiger partial charge in [-0.1, -0.05) is 17.8 Å². The molecule has 2 amide bonds. The quantitative estimate of drug-likeness (QED) is 0.584. The van der Waals surface area contributed by atoms with Gasteiger partial charge in [0.1, 0.15) is 16.5 Å². The molecule has 0 unspecified atom stereocenters. The largest absolute Gasteiger partial charge is 0.366 e. The fourth-order valence-electron chi connectivity index (χ4n) is 2.22. The maximum Gasteiger partial charge on any atom is 0.274 e. The fourth-order valence-corrected chi connectivity index (χ4v) is 5.44. The average molecular weight is 390 g/mol. The number of halogens is 1. The van der Waals surface area contributed by atoms with Crippen LogP contribution in [0.1, 0.15) is 20.8 Å². The number of H-pyrrole nitrogens is 1. The van der Waals surface area contributed by atoms with Crippen LogP contribution in [0.3, 0.4) is 0 Å². The second-order valence-electron chi connectivity index (χ2n) is 5.44. The Bertz CT molecular complexity index is 1090. The van der Waals surface area contributed by atoms with E-state index >= 15 is 0 Å². The van der Waals surface area contributed by atoms with E-state index in [4.69, 9.17) is 5.73 Å². The lowest BCUT2D eigenvalue weighted by molar-refractivity contribution is 0.100. The van der Waals surface area contributed by atoms with Gasteiger partial charge in [-0.15, -0.1) is 11.3 Å². The van der Waals surface area contributed by atoms with E-state index < -0.39 is 26.8 Å². The zero-order chi connectivity index (χ0) is 18.9. The molecule has 1 aromatic carbocycles. The molecule has 0 aliphatic carbocycles. The van der Waals surface area contributed by atoms with Crippen molar-refractivity contribution in [3.05, 3.63) is 59.7 Å². The van der Waals surface area contributed by atoms with Crippen LogP contribution in [0.4, 0.5) is 9.39 Å². The molecule has 2 aromatic heterocycles. The number of carbonyl (C=O) groups is 2. The van der Waals surface area contributed by atoms with Crippen molar-refractivity contribution in [1.82, 2.24) is 10.2 Å². The minimum atomic E-state index is -2.09. The Labute approximate surface area is 153 Å². The Balaban J connectivity index is 2.02. The summed E-state index contributed by atoms with van der Waals surface area (Å²) >= 11 is 1.14. The highest BCUT2D eigenvalue weighted by Crippen LogP contribution is 2.47. The molecule has 0 atom stereocenters. The van der Waals surface area contributed by atoms with Crippen molar-refractivity contribution in [2.45, 2.75) is 9.10 Å². The first-order valence-corrected chi connectivity index (χ1v) is 10.1. The zero-order valence-electron chi connectivity index (χ0n) is 13.5. The Morgan fingerprint density at radius 2 is 2.04 bits per heavy atom. The van der Waals surface area contributed by atoms with Gasteiger partial charge < -0.3 is 11.1 Å². The second kappa shape index (κ2) is 6.77. The number of nitrogens with one attached hydrogen (secondary N) is 2. The highest BCUT2D eigenvalue weighted by Gasteiger charge is 2.20. The number of carbonyl (C=O) groups excluding carboxylic acids is 2. The lowest BCUT2D eigenvalue weighted by atomic mass is 10.3. The molecule has 0 spiro atoms. The summed E-state index contributed by atoms with van der Waals surface area (Å²) in [6.07, 6.45) is 1.44. The predicted molar refractivity (Wildman–Crippen MR) is 104 cm³/mol. The van der Waals surface area contributed by atoms with Gasteiger partial charge in [-0.2, -0.15) is 14.3 Å². The molecule has 0 aliphatic rings. The summed E-state index contributed by atoms with van der Waals surface area (Å²) in [6, 6.07) is 9.05. The Morgan fingerprint density at radius 1 is 1.27 bits per heavy atom. The second-order valence-corrected chi connectivity index (χ2v) is 9.43. The summed E-state index contributed by atoms with van der Waals surface area (Å²) in [5.41, 5.74) is 5.82. The molecule has 26 heavy (non-hydrogen) atoms. The van der Waals surface area contributed by atoms with E-state index in [2.05, 4.69) is 27.3 Å². The SMILES string of the molecule is C=S(=C)(c1cccc(F)c1)c1cc(C(N)=O)c(NC(=O)c2ccn[nH]2)s1. The number of nitrogens with zero attached hydrogens (tertiary/aromatic N) is 1. The van der Waals surface area contributed by atoms with Gasteiger partial charge in [0.15, 0.2) is 0 Å². The molecule has 0 radical (unpaired) electrons. The van der Waals surface area contributed by atoms with Crippen LogP contribution in [0.25, 0.3) is 0 Å². The van der Waals surface area contributed by atoms with Gasteiger partial charge in [0.05, 0.1) is 9.77 Å². The third-order valence-electron chi connectivity index (χ3n) is 3.58. The number of thiophene rings is 1. The van der Waals surface area contributed by atoms with Crippen molar-refractivity contribution in [2.24, 2.45) is 5.73 Å². The molecule has 3 rings (SSSR count). The molecular weight excluding hydrogens is 375 g/mol. The van der Waals surface area contributed by atoms with E-state index in [1.165, 1.54) is 24.4 Å². The minimum absolute atomic E-state index is 0.151. The number of aromatic amines is 1. The van der Waals surface area contributed by atoms with Gasteiger partial charge in [0, 0.05) is 11.1 Å². The van der Waals surface area contributed by atoms with Crippen LogP contribution in [0.15, 0.2) is 51.7 Å². The van der Waals surface area contributed by atoms with Crippen molar-refractivity contribution in [1.29, 1.82) is 0 Å². The van der Waals surface area contributed by atoms with Gasteiger partial charge in [-0.25, -0.2) is 4.39 Å². The summed E-state index contributed by atoms with van der Waals surface area (Å²) in [7, 11) is -2.09. The highest BCUT2D eigenvalue weighted by molar-refractivity contribution is 8.29. The molecule has 0 aliphatic heterocycles. The van der Waals surface area contributed by atoms with Gasteiger partial charge in [0.2, 0.25) is 0 Å². The molecular formula is C17H15FN4O2S2. The van der Waals surface area contributed by atoms with Crippen LogP contribution in [0, 0.1) is 5.82 Å². The Kier molecular flexibility index (Phi) is 4.66.